The van der Waals surface area contributed by atoms with Gasteiger partial charge in [-0.1, -0.05) is 7.43 Å². The highest BCUT2D eigenvalue weighted by molar-refractivity contribution is 2.50. The predicted molar refractivity (Wildman–Crippen MR) is 119 cm³/mol. The quantitative estimate of drug-likeness (QED) is 0.259. The van der Waals surface area contributed by atoms with Gasteiger partial charge in [0.15, 0.2) is 0 Å². The maximum absolute atomic E-state index is 5.25. The zero-order chi connectivity index (χ0) is 44.0. The van der Waals surface area contributed by atoms with Crippen molar-refractivity contribution in [2.45, 2.75) is 7.43 Å². The van der Waals surface area contributed by atoms with Gasteiger partial charge in [0, 0.05) is 1.43 Å². The monoisotopic (exact) mass is 416 g/mol. The molecule has 0 aliphatic carbocycles. The summed E-state index contributed by atoms with van der Waals surface area (Å²) in [4.78, 5) is 0. The highest BCUT2D eigenvalue weighted by Gasteiger charge is -0.0775. The molecule has 0 aliphatic rings. The van der Waals surface area contributed by atoms with E-state index in [9.17, 15) is 0 Å². The van der Waals surface area contributed by atoms with Crippen LogP contribution in [0.2, 0.25) is 31.1 Å². The summed E-state index contributed by atoms with van der Waals surface area (Å²) in [6.07, 6.45) is 82.5. The van der Waals surface area contributed by atoms with Gasteiger partial charge in [-0.2, -0.15) is 0 Å². The minimum atomic E-state index is 0. The molecule has 0 amide bonds. The van der Waals surface area contributed by atoms with Gasteiger partial charge in [0.2, 0.25) is 0 Å². The average molecular weight is 416 g/mol. The summed E-state index contributed by atoms with van der Waals surface area (Å²) in [6, 6.07) is 0. The zero-order valence-corrected chi connectivity index (χ0v) is 12.7. The van der Waals surface area contributed by atoms with Crippen LogP contribution in [0, 0.1) is 0 Å². The van der Waals surface area contributed by atoms with Gasteiger partial charge < -0.3 is 135 Å². The van der Waals surface area contributed by atoms with Crippen molar-refractivity contribution in [1.82, 2.24) is 135 Å². The average Bonchev–Trinajstić information content (AvgIpc) is 3.28. The first-order chi connectivity index (χ1) is 22.0. The second kappa shape index (κ2) is 11000. The molecule has 0 saturated heterocycles. The van der Waals surface area contributed by atoms with E-state index in [2.05, 4.69) is 135 Å². The fourth-order valence-electron chi connectivity index (χ4n) is 0. The van der Waals surface area contributed by atoms with Crippen LogP contribution in [0.3, 0.4) is 0 Å². The van der Waals surface area contributed by atoms with Crippen LogP contribution in [0.15, 0.2) is 0 Å². The van der Waals surface area contributed by atoms with Crippen molar-refractivity contribution < 1.29 is 32.5 Å². The lowest BCUT2D eigenvalue weighted by molar-refractivity contribution is 2.13. The van der Waals surface area contributed by atoms with E-state index in [1.165, 1.54) is 0 Å². The third-order valence-electron chi connectivity index (χ3n) is 0. The van der Waals surface area contributed by atoms with E-state index in [1.807, 2.05) is 0 Å². The minimum Gasteiger partial charge on any atom is -0.344 e. The Kier molecular flexibility index (Phi) is 10600. The van der Waals surface area contributed by atoms with Crippen LogP contribution in [0.4, 0.5) is 0 Å². The standard InChI is InChI=1S/CH4.22H3N.H2/h1H4;22*1H3;1H/i;;;;;;;;;;;;;;;;;;;;;;;1+1/hD22. The van der Waals surface area contributed by atoms with Crippen LogP contribution in [0.25, 0.3) is 0 Å². The fourth-order valence-corrected chi connectivity index (χ4v) is 0. The van der Waals surface area contributed by atoms with Gasteiger partial charge in [0.05, 0.1) is 0 Å². The van der Waals surface area contributed by atoms with Gasteiger partial charge in [-0.05, 0) is 0 Å². The molecule has 0 fully saturated rings. The molecule has 0 atom stereocenters. The van der Waals surface area contributed by atoms with E-state index in [-0.39, 0.29) is 8.85 Å². The summed E-state index contributed by atoms with van der Waals surface area (Å²) in [5.41, 5.74) is 0. The van der Waals surface area contributed by atoms with E-state index < -0.39 is 0 Å². The lowest BCUT2D eigenvalue weighted by Crippen LogP contribution is -0.482. The fraction of sp³-hybridized carbons (Fsp3) is 1.00. The summed E-state index contributed by atoms with van der Waals surface area (Å²) in [5.74, 6) is 0. The summed E-state index contributed by atoms with van der Waals surface area (Å²) in [7, 11) is 0. The van der Waals surface area contributed by atoms with Crippen LogP contribution in [-0.4, -0.2) is 0 Å². The molecular weight excluding hydrogens is 320 g/mol. The minimum absolute atomic E-state index is 0. The molecule has 23 heavy (non-hydrogen) atoms. The number of hydrogen-bond acceptors (Lipinski definition) is 22. The Hall–Kier alpha value is -0.880. The Bertz CT molecular complexity index is 51.9. The van der Waals surface area contributed by atoms with E-state index >= 15 is 0 Å². The van der Waals surface area contributed by atoms with Gasteiger partial charge in [-0.3, -0.25) is 0 Å². The number of rotatable bonds is 0. The SMILES string of the molecule is C.[2HH].[2H]N.[2H]N.[2H]N.[2H]N.[2H]N.[2H]N.[2H]N.[2H]N.[2H]N.[2H]N.[2H]N.[2H]N.[2H]N.[2H]N.[2H]N.[2H]N.[2H]N.[2H]N.[2H]N.[2H]N.[2H]N.[2H]N. The van der Waals surface area contributed by atoms with Gasteiger partial charge in [-0.25, -0.2) is 0 Å². The maximum Gasteiger partial charge on any atom is 0.115 e. The van der Waals surface area contributed by atoms with E-state index in [0.717, 1.165) is 0 Å². The van der Waals surface area contributed by atoms with Gasteiger partial charge in [-0.15, -0.1) is 0 Å². The molecule has 22 heteroatoms. The van der Waals surface area contributed by atoms with Gasteiger partial charge in [0.1, 0.15) is 31.1 Å². The van der Waals surface area contributed by atoms with Crippen LogP contribution < -0.4 is 135 Å². The molecule has 186 valence electrons. The zero-order valence-electron chi connectivity index (χ0n) is 34.7. The van der Waals surface area contributed by atoms with E-state index in [1.54, 1.807) is 0 Å². The molecule has 66 N–H and O–H groups in total. The summed E-state index contributed by atoms with van der Waals surface area (Å²) < 4.78 is 116. The van der Waals surface area contributed by atoms with E-state index in [4.69, 9.17) is 31.1 Å². The second-order valence-electron chi connectivity index (χ2n) is 0. The summed E-state index contributed by atoms with van der Waals surface area (Å²) >= 11 is 0. The Morgan fingerprint density at radius 2 is 0.217 bits per heavy atom. The molecule has 0 unspecified atom stereocenters. The topological polar surface area (TPSA) is 770 Å². The predicted octanol–water partition coefficient (Wildman–Crippen LogP) is 4.45. The van der Waals surface area contributed by atoms with Crippen molar-refractivity contribution in [3.63, 3.8) is 0 Å². The maximum atomic E-state index is 5.25. The smallest absolute Gasteiger partial charge is 0.115 e. The van der Waals surface area contributed by atoms with Crippen molar-refractivity contribution in [1.29, 1.82) is 0 Å². The van der Waals surface area contributed by atoms with Crippen molar-refractivity contribution in [3.8, 4) is 0 Å². The lowest BCUT2D eigenvalue weighted by atomic mass is 12.0. The van der Waals surface area contributed by atoms with Crippen molar-refractivity contribution in [2.75, 3.05) is 0 Å². The Morgan fingerprint density at radius 3 is 0.217 bits per heavy atom. The van der Waals surface area contributed by atoms with Crippen molar-refractivity contribution >= 4 is 0 Å². The Labute approximate surface area is 177 Å². The van der Waals surface area contributed by atoms with Crippen LogP contribution in [0.5, 0.6) is 0 Å². The molecule has 0 aliphatic heterocycles. The van der Waals surface area contributed by atoms with Gasteiger partial charge in [0.25, 0.3) is 0 Å². The highest BCUT2D eigenvalue weighted by Crippen LogP contribution is 0.144. The first-order valence-electron chi connectivity index (χ1n) is 12.7. The molecule has 0 radical (unpaired) electrons. The Morgan fingerprint density at radius 1 is 0.217 bits per heavy atom. The molecule has 0 spiro atoms. The van der Waals surface area contributed by atoms with Crippen molar-refractivity contribution in [2.24, 2.45) is 0 Å². The second-order valence-corrected chi connectivity index (χ2v) is 0. The molecule has 0 rings (SSSR count). The Balaban J connectivity index is -0.00000000500. The normalized spacial score (nSPS) is 6.70. The van der Waals surface area contributed by atoms with Crippen molar-refractivity contribution in [3.05, 3.63) is 0 Å². The summed E-state index contributed by atoms with van der Waals surface area (Å²) in [6.45, 7) is 0. The third-order valence-corrected chi connectivity index (χ3v) is 0. The third kappa shape index (κ3) is 9970. The first kappa shape index (κ1) is 22.1. The largest absolute Gasteiger partial charge is 0.344 e. The molecule has 0 aromatic rings. The molecule has 0 heterocycles. The van der Waals surface area contributed by atoms with E-state index in [0.29, 0.717) is 0 Å². The van der Waals surface area contributed by atoms with Crippen LogP contribution in [0.1, 0.15) is 8.85 Å². The molecule has 0 bridgehead atoms. The summed E-state index contributed by atoms with van der Waals surface area (Å²) in [5, 5.41) is 0. The highest BCUT2D eigenvalue weighted by atomic mass is 14.0. The molecule has 0 saturated carbocycles. The van der Waals surface area contributed by atoms with Crippen LogP contribution >= 0.6 is 0 Å². The van der Waals surface area contributed by atoms with Crippen LogP contribution in [-0.2, 0) is 0 Å². The molecule has 0 aromatic carbocycles. The molecule has 22 nitrogen and oxygen atoms in total. The lowest BCUT2D eigenvalue weighted by Gasteiger charge is -0.345. The molecular formula is CH72N22. The van der Waals surface area contributed by atoms with Gasteiger partial charge >= 0.3 is 0 Å². The first-order valence-corrected chi connectivity index (χ1v) is 0. The molecule has 0 aromatic heterocycles. The number of hydrogen-bond donors (Lipinski definition) is 22.